The molecule has 0 spiro atoms. The maximum Gasteiger partial charge on any atom is 0.407 e. The Labute approximate surface area is 193 Å². The topological polar surface area (TPSA) is 95.9 Å². The second-order valence-electron chi connectivity index (χ2n) is 8.51. The summed E-state index contributed by atoms with van der Waals surface area (Å²) in [6.07, 6.45) is 2.28. The number of carbonyl (C=O) groups is 3. The van der Waals surface area contributed by atoms with Gasteiger partial charge in [-0.25, -0.2) is 4.79 Å². The molecule has 1 heterocycles. The zero-order valence-electron chi connectivity index (χ0n) is 18.4. The zero-order chi connectivity index (χ0) is 23.4. The number of carboxylic acids is 1. The third-order valence-electron chi connectivity index (χ3n) is 6.42. The van der Waals surface area contributed by atoms with E-state index in [1.54, 1.807) is 6.08 Å². The van der Waals surface area contributed by atoms with Gasteiger partial charge in [0.25, 0.3) is 0 Å². The molecule has 1 aliphatic heterocycles. The Morgan fingerprint density at radius 3 is 2.36 bits per heavy atom. The molecule has 1 aliphatic carbocycles. The molecule has 172 valence electrons. The van der Waals surface area contributed by atoms with E-state index in [9.17, 15) is 19.5 Å². The first-order chi connectivity index (χ1) is 16.0. The molecular formula is C26H28N2O5. The summed E-state index contributed by atoms with van der Waals surface area (Å²) in [4.78, 5) is 38.5. The number of nitrogens with one attached hydrogen (secondary N) is 1. The molecule has 33 heavy (non-hydrogen) atoms. The van der Waals surface area contributed by atoms with Crippen molar-refractivity contribution in [1.29, 1.82) is 0 Å². The van der Waals surface area contributed by atoms with E-state index in [1.165, 1.54) is 4.90 Å². The fraction of sp³-hybridized carbons (Fsp3) is 0.346. The zero-order valence-corrected chi connectivity index (χ0v) is 18.4. The minimum absolute atomic E-state index is 0.0740. The van der Waals surface area contributed by atoms with Crippen molar-refractivity contribution in [1.82, 2.24) is 10.2 Å². The van der Waals surface area contributed by atoms with Gasteiger partial charge in [0, 0.05) is 19.0 Å². The molecule has 0 bridgehead atoms. The fourth-order valence-electron chi connectivity index (χ4n) is 4.77. The van der Waals surface area contributed by atoms with Gasteiger partial charge in [-0.3, -0.25) is 9.59 Å². The molecule has 1 saturated heterocycles. The number of ether oxygens (including phenoxy) is 1. The molecular weight excluding hydrogens is 420 g/mol. The quantitative estimate of drug-likeness (QED) is 0.629. The molecule has 4 rings (SSSR count). The van der Waals surface area contributed by atoms with Gasteiger partial charge in [-0.05, 0) is 41.5 Å². The van der Waals surface area contributed by atoms with Crippen LogP contribution in [0.5, 0.6) is 0 Å². The number of hydrogen-bond acceptors (Lipinski definition) is 4. The van der Waals surface area contributed by atoms with Crippen LogP contribution in [0.15, 0.2) is 61.2 Å². The fourth-order valence-corrected chi connectivity index (χ4v) is 4.77. The minimum atomic E-state index is -0.905. The van der Waals surface area contributed by atoms with E-state index in [-0.39, 0.29) is 31.4 Å². The normalized spacial score (nSPS) is 18.1. The molecule has 2 atom stereocenters. The molecule has 1 fully saturated rings. The number of amides is 2. The largest absolute Gasteiger partial charge is 0.481 e. The van der Waals surface area contributed by atoms with Gasteiger partial charge in [-0.1, -0.05) is 54.6 Å². The van der Waals surface area contributed by atoms with Crippen LogP contribution in [0.3, 0.4) is 0 Å². The third-order valence-corrected chi connectivity index (χ3v) is 6.42. The highest BCUT2D eigenvalue weighted by Gasteiger charge is 2.33. The van der Waals surface area contributed by atoms with E-state index in [4.69, 9.17) is 4.74 Å². The maximum absolute atomic E-state index is 13.0. The monoisotopic (exact) mass is 448 g/mol. The average molecular weight is 449 g/mol. The summed E-state index contributed by atoms with van der Waals surface area (Å²) in [5, 5.41) is 12.0. The number of likely N-dealkylation sites (tertiary alicyclic amines) is 1. The van der Waals surface area contributed by atoms with Crippen LogP contribution in [-0.4, -0.2) is 53.7 Å². The highest BCUT2D eigenvalue weighted by molar-refractivity contribution is 5.86. The van der Waals surface area contributed by atoms with E-state index in [2.05, 4.69) is 24.0 Å². The van der Waals surface area contributed by atoms with E-state index < -0.39 is 24.0 Å². The van der Waals surface area contributed by atoms with Crippen molar-refractivity contribution < 1.29 is 24.2 Å². The van der Waals surface area contributed by atoms with Crippen molar-refractivity contribution in [2.45, 2.75) is 31.2 Å². The summed E-state index contributed by atoms with van der Waals surface area (Å²) < 4.78 is 5.56. The average Bonchev–Trinajstić information content (AvgIpc) is 3.16. The van der Waals surface area contributed by atoms with Crippen LogP contribution in [0, 0.1) is 5.92 Å². The van der Waals surface area contributed by atoms with Gasteiger partial charge < -0.3 is 20.1 Å². The predicted molar refractivity (Wildman–Crippen MR) is 124 cm³/mol. The van der Waals surface area contributed by atoms with Crippen LogP contribution in [0.4, 0.5) is 4.79 Å². The summed E-state index contributed by atoms with van der Waals surface area (Å²) in [7, 11) is 0. The SMILES string of the molecule is C=CCC(NC(=O)OCC1c2ccccc2-c2ccccc21)C(=O)N1CCC[C@@H](C(=O)O)C1. The van der Waals surface area contributed by atoms with Crippen LogP contribution < -0.4 is 5.32 Å². The molecule has 7 heteroatoms. The van der Waals surface area contributed by atoms with Gasteiger partial charge in [-0.2, -0.15) is 0 Å². The second-order valence-corrected chi connectivity index (χ2v) is 8.51. The number of nitrogens with zero attached hydrogens (tertiary/aromatic N) is 1. The summed E-state index contributed by atoms with van der Waals surface area (Å²) >= 11 is 0. The van der Waals surface area contributed by atoms with Crippen molar-refractivity contribution in [3.05, 3.63) is 72.3 Å². The van der Waals surface area contributed by atoms with Crippen molar-refractivity contribution in [3.63, 3.8) is 0 Å². The molecule has 2 aromatic carbocycles. The van der Waals surface area contributed by atoms with Crippen molar-refractivity contribution >= 4 is 18.0 Å². The Bertz CT molecular complexity index is 1020. The van der Waals surface area contributed by atoms with Crippen molar-refractivity contribution in [2.75, 3.05) is 19.7 Å². The third kappa shape index (κ3) is 4.77. The first kappa shape index (κ1) is 22.6. The molecule has 2 aromatic rings. The van der Waals surface area contributed by atoms with Crippen LogP contribution in [0.25, 0.3) is 11.1 Å². The lowest BCUT2D eigenvalue weighted by Gasteiger charge is -2.33. The van der Waals surface area contributed by atoms with E-state index in [0.29, 0.717) is 19.4 Å². The van der Waals surface area contributed by atoms with Crippen LogP contribution in [0.1, 0.15) is 36.3 Å². The van der Waals surface area contributed by atoms with E-state index >= 15 is 0 Å². The standard InChI is InChI=1S/C26H28N2O5/c1-2-8-23(24(29)28-14-7-9-17(15-28)25(30)31)27-26(32)33-16-22-20-12-5-3-10-18(20)19-11-4-6-13-21(19)22/h2-6,10-13,17,22-23H,1,7-9,14-16H2,(H,27,32)(H,30,31)/t17-,23?/m1/s1. The number of carbonyl (C=O) groups excluding carboxylic acids is 2. The molecule has 7 nitrogen and oxygen atoms in total. The molecule has 1 unspecified atom stereocenters. The maximum atomic E-state index is 13.0. The van der Waals surface area contributed by atoms with Gasteiger partial charge >= 0.3 is 12.1 Å². The van der Waals surface area contributed by atoms with Crippen LogP contribution >= 0.6 is 0 Å². The van der Waals surface area contributed by atoms with E-state index in [0.717, 1.165) is 22.3 Å². The Morgan fingerprint density at radius 2 is 1.76 bits per heavy atom. The molecule has 2 amide bonds. The molecule has 0 saturated carbocycles. The number of fused-ring (bicyclic) bond motifs is 3. The van der Waals surface area contributed by atoms with Crippen LogP contribution in [-0.2, 0) is 14.3 Å². The first-order valence-electron chi connectivity index (χ1n) is 11.2. The van der Waals surface area contributed by atoms with Crippen molar-refractivity contribution in [3.8, 4) is 11.1 Å². The summed E-state index contributed by atoms with van der Waals surface area (Å²) in [5.41, 5.74) is 4.50. The Hall–Kier alpha value is -3.61. The Morgan fingerprint density at radius 1 is 1.12 bits per heavy atom. The van der Waals surface area contributed by atoms with Gasteiger partial charge in [0.05, 0.1) is 5.92 Å². The summed E-state index contributed by atoms with van der Waals surface area (Å²) in [6.45, 7) is 4.45. The lowest BCUT2D eigenvalue weighted by Crippen LogP contribution is -2.52. The predicted octanol–water partition coefficient (Wildman–Crippen LogP) is 3.79. The number of aliphatic carboxylic acids is 1. The number of piperidine rings is 1. The highest BCUT2D eigenvalue weighted by atomic mass is 16.5. The highest BCUT2D eigenvalue weighted by Crippen LogP contribution is 2.44. The Kier molecular flexibility index (Phi) is 6.77. The number of hydrogen-bond donors (Lipinski definition) is 2. The first-order valence-corrected chi connectivity index (χ1v) is 11.2. The van der Waals surface area contributed by atoms with Gasteiger partial charge in [0.15, 0.2) is 0 Å². The number of benzene rings is 2. The lowest BCUT2D eigenvalue weighted by atomic mass is 9.97. The van der Waals surface area contributed by atoms with Gasteiger partial charge in [-0.15, -0.1) is 6.58 Å². The summed E-state index contributed by atoms with van der Waals surface area (Å²) in [6, 6.07) is 15.3. The number of carboxylic acid groups (broad SMARTS) is 1. The second kappa shape index (κ2) is 9.90. The van der Waals surface area contributed by atoms with E-state index in [1.807, 2.05) is 36.4 Å². The number of alkyl carbamates (subject to hydrolysis) is 1. The van der Waals surface area contributed by atoms with Crippen molar-refractivity contribution in [2.24, 2.45) is 5.92 Å². The molecule has 2 N–H and O–H groups in total. The molecule has 2 aliphatic rings. The molecule has 0 radical (unpaired) electrons. The molecule has 0 aromatic heterocycles. The Balaban J connectivity index is 1.40. The van der Waals surface area contributed by atoms with Gasteiger partial charge in [0.2, 0.25) is 5.91 Å². The smallest absolute Gasteiger partial charge is 0.407 e. The lowest BCUT2D eigenvalue weighted by molar-refractivity contribution is -0.146. The van der Waals surface area contributed by atoms with Gasteiger partial charge in [0.1, 0.15) is 12.6 Å². The summed E-state index contributed by atoms with van der Waals surface area (Å²) in [5.74, 6) is -1.87. The minimum Gasteiger partial charge on any atom is -0.481 e. The van der Waals surface area contributed by atoms with Crippen LogP contribution in [0.2, 0.25) is 0 Å². The number of rotatable bonds is 7.